The van der Waals surface area contributed by atoms with Crippen molar-refractivity contribution in [2.75, 3.05) is 19.8 Å². The third-order valence-electron chi connectivity index (χ3n) is 9.32. The summed E-state index contributed by atoms with van der Waals surface area (Å²) < 4.78 is 11.4. The number of aryl methyl sites for hydroxylation is 1. The van der Waals surface area contributed by atoms with Gasteiger partial charge in [0, 0.05) is 24.8 Å². The molecule has 3 aliphatic carbocycles. The summed E-state index contributed by atoms with van der Waals surface area (Å²) in [6, 6.07) is 14.6. The quantitative estimate of drug-likeness (QED) is 0.424. The van der Waals surface area contributed by atoms with Crippen molar-refractivity contribution in [3.05, 3.63) is 64.7 Å². The average Bonchev–Trinajstić information content (AvgIpc) is 3.70. The number of rotatable bonds is 10. The summed E-state index contributed by atoms with van der Waals surface area (Å²) in [6.07, 6.45) is 12.6. The van der Waals surface area contributed by atoms with E-state index in [1.807, 2.05) is 24.3 Å². The fraction of sp³-hybridized carbons (Fsp3) is 0.594. The Kier molecular flexibility index (Phi) is 7.80. The Bertz CT molecular complexity index is 1060. The maximum absolute atomic E-state index is 12.9. The third-order valence-corrected chi connectivity index (χ3v) is 9.32. The van der Waals surface area contributed by atoms with Gasteiger partial charge >= 0.3 is 0 Å². The van der Waals surface area contributed by atoms with Crippen LogP contribution in [0.5, 0.6) is 5.75 Å². The lowest BCUT2D eigenvalue weighted by Gasteiger charge is -2.26. The molecule has 5 heteroatoms. The highest BCUT2D eigenvalue weighted by atomic mass is 16.5. The van der Waals surface area contributed by atoms with Crippen molar-refractivity contribution in [1.82, 2.24) is 10.6 Å². The summed E-state index contributed by atoms with van der Waals surface area (Å²) in [4.78, 5) is 12.9. The molecule has 6 rings (SSSR count). The van der Waals surface area contributed by atoms with Gasteiger partial charge in [0.25, 0.3) is 5.91 Å². The van der Waals surface area contributed by atoms with Gasteiger partial charge < -0.3 is 20.1 Å². The molecule has 0 aromatic heterocycles. The molecular formula is C32H42N2O3. The monoisotopic (exact) mass is 502 g/mol. The maximum atomic E-state index is 12.9. The van der Waals surface area contributed by atoms with Crippen molar-refractivity contribution in [3.63, 3.8) is 0 Å². The highest BCUT2D eigenvalue weighted by Gasteiger charge is 2.38. The normalized spacial score (nSPS) is 28.3. The first kappa shape index (κ1) is 24.9. The highest BCUT2D eigenvalue weighted by Crippen LogP contribution is 2.49. The van der Waals surface area contributed by atoms with E-state index in [0.717, 1.165) is 75.3 Å². The van der Waals surface area contributed by atoms with Gasteiger partial charge in [0.15, 0.2) is 0 Å². The second kappa shape index (κ2) is 11.6. The molecule has 2 saturated carbocycles. The molecule has 1 heterocycles. The van der Waals surface area contributed by atoms with E-state index >= 15 is 0 Å². The van der Waals surface area contributed by atoms with Gasteiger partial charge in [0.1, 0.15) is 12.4 Å². The molecule has 2 N–H and O–H groups in total. The second-order valence-corrected chi connectivity index (χ2v) is 11.9. The van der Waals surface area contributed by atoms with Crippen LogP contribution in [0.2, 0.25) is 0 Å². The van der Waals surface area contributed by atoms with Crippen LogP contribution in [0.25, 0.3) is 0 Å². The Balaban J connectivity index is 0.937. The number of fused-ring (bicyclic) bond motifs is 3. The molecule has 1 amide bonds. The summed E-state index contributed by atoms with van der Waals surface area (Å²) in [5.74, 6) is 3.83. The van der Waals surface area contributed by atoms with Gasteiger partial charge in [-0.3, -0.25) is 4.79 Å². The van der Waals surface area contributed by atoms with Crippen molar-refractivity contribution in [2.45, 2.75) is 82.9 Å². The van der Waals surface area contributed by atoms with E-state index in [1.165, 1.54) is 48.8 Å². The lowest BCUT2D eigenvalue weighted by molar-refractivity contribution is 0.0679. The molecule has 1 unspecified atom stereocenters. The van der Waals surface area contributed by atoms with E-state index in [0.29, 0.717) is 12.2 Å². The van der Waals surface area contributed by atoms with Gasteiger partial charge in [-0.05, 0) is 123 Å². The summed E-state index contributed by atoms with van der Waals surface area (Å²) in [7, 11) is 0. The molecule has 0 radical (unpaired) electrons. The molecule has 2 aromatic rings. The zero-order valence-electron chi connectivity index (χ0n) is 22.1. The van der Waals surface area contributed by atoms with Gasteiger partial charge in [0.05, 0.1) is 6.10 Å². The van der Waals surface area contributed by atoms with E-state index in [4.69, 9.17) is 9.47 Å². The predicted molar refractivity (Wildman–Crippen MR) is 146 cm³/mol. The van der Waals surface area contributed by atoms with Crippen LogP contribution in [0.15, 0.2) is 42.5 Å². The van der Waals surface area contributed by atoms with Crippen LogP contribution in [0, 0.1) is 17.8 Å². The maximum Gasteiger partial charge on any atom is 0.251 e. The first-order chi connectivity index (χ1) is 18.2. The summed E-state index contributed by atoms with van der Waals surface area (Å²) in [6.45, 7) is 3.51. The summed E-state index contributed by atoms with van der Waals surface area (Å²) in [5.41, 5.74) is 4.89. The van der Waals surface area contributed by atoms with Crippen molar-refractivity contribution >= 4 is 5.91 Å². The van der Waals surface area contributed by atoms with Crippen molar-refractivity contribution in [1.29, 1.82) is 0 Å². The van der Waals surface area contributed by atoms with Crippen molar-refractivity contribution in [2.24, 2.45) is 17.8 Å². The largest absolute Gasteiger partial charge is 0.491 e. The molecule has 2 aromatic carbocycles. The third kappa shape index (κ3) is 6.21. The van der Waals surface area contributed by atoms with Gasteiger partial charge in [0.2, 0.25) is 0 Å². The number of benzene rings is 2. The van der Waals surface area contributed by atoms with Gasteiger partial charge in [-0.1, -0.05) is 24.6 Å². The van der Waals surface area contributed by atoms with Gasteiger partial charge in [-0.2, -0.15) is 0 Å². The number of amides is 1. The van der Waals surface area contributed by atoms with Crippen LogP contribution in [0.4, 0.5) is 0 Å². The number of hydrogen-bond acceptors (Lipinski definition) is 4. The standard InChI is InChI=1S/C32H42N2O3/c35-32(24-8-11-30(12-9-24)37-21-31-2-1-15-36-31)34-29-10-7-26-18-23(4-6-27(26)19-29)20-33-14-13-28-17-22-3-5-25(28)16-22/h4,6,8-9,11-12,18,22,25,28-29,31,33H,1-3,5,7,10,13-17,19-21H2,(H,34,35)/t22-,25+,28?,29-,31-/m0/s1. The first-order valence-corrected chi connectivity index (χ1v) is 14.7. The Labute approximate surface area is 221 Å². The lowest BCUT2D eigenvalue weighted by Crippen LogP contribution is -2.38. The fourth-order valence-corrected chi connectivity index (χ4v) is 7.23. The molecule has 4 aliphatic rings. The number of carbonyl (C=O) groups is 1. The minimum atomic E-state index is -0.00423. The Morgan fingerprint density at radius 2 is 1.92 bits per heavy atom. The molecule has 37 heavy (non-hydrogen) atoms. The predicted octanol–water partition coefficient (Wildman–Crippen LogP) is 5.45. The lowest BCUT2D eigenvalue weighted by atomic mass is 9.86. The molecule has 5 atom stereocenters. The topological polar surface area (TPSA) is 59.6 Å². The minimum Gasteiger partial charge on any atom is -0.491 e. The summed E-state index contributed by atoms with van der Waals surface area (Å²) >= 11 is 0. The van der Waals surface area contributed by atoms with Crippen LogP contribution in [0.1, 0.15) is 78.4 Å². The SMILES string of the molecule is O=C(N[C@H]1CCc2cc(CNCCC3C[C@H]4CC[C@@H]3C4)ccc2C1)c1ccc(OC[C@@H]2CCCO2)cc1. The van der Waals surface area contributed by atoms with E-state index < -0.39 is 0 Å². The zero-order chi connectivity index (χ0) is 25.0. The Morgan fingerprint density at radius 3 is 2.70 bits per heavy atom. The number of hydrogen-bond donors (Lipinski definition) is 2. The molecular weight excluding hydrogens is 460 g/mol. The van der Waals surface area contributed by atoms with Crippen LogP contribution in [-0.2, 0) is 24.1 Å². The van der Waals surface area contributed by atoms with Crippen LogP contribution < -0.4 is 15.4 Å². The van der Waals surface area contributed by atoms with Crippen LogP contribution in [-0.4, -0.2) is 37.8 Å². The average molecular weight is 503 g/mol. The fourth-order valence-electron chi connectivity index (χ4n) is 7.23. The molecule has 1 aliphatic heterocycles. The van der Waals surface area contributed by atoms with Gasteiger partial charge in [-0.25, -0.2) is 0 Å². The highest BCUT2D eigenvalue weighted by molar-refractivity contribution is 5.94. The van der Waals surface area contributed by atoms with Crippen molar-refractivity contribution in [3.8, 4) is 5.75 Å². The minimum absolute atomic E-state index is 0.00423. The van der Waals surface area contributed by atoms with Gasteiger partial charge in [-0.15, -0.1) is 0 Å². The van der Waals surface area contributed by atoms with E-state index in [2.05, 4.69) is 28.8 Å². The number of ether oxygens (including phenoxy) is 2. The molecule has 2 bridgehead atoms. The first-order valence-electron chi connectivity index (χ1n) is 14.7. The molecule has 5 nitrogen and oxygen atoms in total. The molecule has 198 valence electrons. The van der Waals surface area contributed by atoms with E-state index in [-0.39, 0.29) is 18.1 Å². The zero-order valence-corrected chi connectivity index (χ0v) is 22.1. The molecule has 3 fully saturated rings. The van der Waals surface area contributed by atoms with Crippen LogP contribution >= 0.6 is 0 Å². The van der Waals surface area contributed by atoms with Crippen LogP contribution in [0.3, 0.4) is 0 Å². The smallest absolute Gasteiger partial charge is 0.251 e. The van der Waals surface area contributed by atoms with E-state index in [1.54, 1.807) is 0 Å². The Morgan fingerprint density at radius 1 is 1.00 bits per heavy atom. The molecule has 0 spiro atoms. The molecule has 1 saturated heterocycles. The Hall–Kier alpha value is -2.37. The van der Waals surface area contributed by atoms with Crippen molar-refractivity contribution < 1.29 is 14.3 Å². The van der Waals surface area contributed by atoms with E-state index in [9.17, 15) is 4.79 Å². The summed E-state index contributed by atoms with van der Waals surface area (Å²) in [5, 5.41) is 6.96. The number of carbonyl (C=O) groups excluding carboxylic acids is 1. The number of nitrogens with one attached hydrogen (secondary N) is 2. The second-order valence-electron chi connectivity index (χ2n) is 11.9.